The van der Waals surface area contributed by atoms with Crippen LogP contribution in [0.25, 0.3) is 0 Å². The Bertz CT molecular complexity index is 669. The van der Waals surface area contributed by atoms with Crippen LogP contribution < -0.4 is 15.2 Å². The molecule has 2 rings (SSSR count). The first-order chi connectivity index (χ1) is 10.1. The molecule has 7 nitrogen and oxygen atoms in total. The van der Waals surface area contributed by atoms with E-state index < -0.39 is 0 Å². The predicted molar refractivity (Wildman–Crippen MR) is 77.1 cm³/mol. The summed E-state index contributed by atoms with van der Waals surface area (Å²) in [5, 5.41) is 19.9. The lowest BCUT2D eigenvalue weighted by Crippen LogP contribution is -2.18. The maximum atomic E-state index is 8.91. The van der Waals surface area contributed by atoms with Crippen molar-refractivity contribution in [3.8, 4) is 17.4 Å². The maximum absolute atomic E-state index is 8.91. The Morgan fingerprint density at radius 3 is 2.33 bits per heavy atom. The molecule has 0 unspecified atom stereocenters. The average molecular weight is 288 g/mol. The van der Waals surface area contributed by atoms with Gasteiger partial charge in [-0.15, -0.1) is 5.10 Å². The van der Waals surface area contributed by atoms with E-state index >= 15 is 0 Å². The summed E-state index contributed by atoms with van der Waals surface area (Å²) in [5.74, 6) is 1.36. The minimum atomic E-state index is -0.0750. The number of hydrogen-bond donors (Lipinski definition) is 2. The van der Waals surface area contributed by atoms with Crippen molar-refractivity contribution in [2.45, 2.75) is 13.8 Å². The highest BCUT2D eigenvalue weighted by Gasteiger charge is 2.17. The van der Waals surface area contributed by atoms with Gasteiger partial charge in [0.2, 0.25) is 5.88 Å². The fourth-order valence-corrected chi connectivity index (χ4v) is 1.77. The predicted octanol–water partition coefficient (Wildman–Crippen LogP) is 1.99. The molecule has 0 atom stereocenters. The number of aromatic nitrogens is 2. The van der Waals surface area contributed by atoms with E-state index in [1.54, 1.807) is 45.2 Å². The zero-order chi connectivity index (χ0) is 15.4. The third kappa shape index (κ3) is 3.02. The molecule has 0 amide bonds. The highest BCUT2D eigenvalue weighted by molar-refractivity contribution is 6.00. The van der Waals surface area contributed by atoms with Gasteiger partial charge in [-0.1, -0.05) is 5.16 Å². The largest absolute Gasteiger partial charge is 0.497 e. The van der Waals surface area contributed by atoms with Crippen LogP contribution in [0.5, 0.6) is 17.4 Å². The molecule has 0 fully saturated rings. The van der Waals surface area contributed by atoms with Crippen molar-refractivity contribution in [1.82, 2.24) is 10.2 Å². The van der Waals surface area contributed by atoms with Crippen LogP contribution in [0.3, 0.4) is 0 Å². The topological polar surface area (TPSA) is 103 Å². The van der Waals surface area contributed by atoms with Gasteiger partial charge >= 0.3 is 0 Å². The van der Waals surface area contributed by atoms with E-state index in [9.17, 15) is 0 Å². The number of methoxy groups -OCH3 is 1. The lowest BCUT2D eigenvalue weighted by molar-refractivity contribution is 0.318. The number of rotatable bonds is 4. The van der Waals surface area contributed by atoms with Crippen LogP contribution in [0.15, 0.2) is 29.4 Å². The van der Waals surface area contributed by atoms with Crippen molar-refractivity contribution in [1.29, 1.82) is 0 Å². The second-order valence-corrected chi connectivity index (χ2v) is 4.35. The van der Waals surface area contributed by atoms with Crippen LogP contribution in [0.1, 0.15) is 16.8 Å². The van der Waals surface area contributed by atoms with E-state index in [1.165, 1.54) is 0 Å². The van der Waals surface area contributed by atoms with Gasteiger partial charge in [-0.05, 0) is 43.7 Å². The van der Waals surface area contributed by atoms with E-state index in [-0.39, 0.29) is 11.7 Å². The van der Waals surface area contributed by atoms with Crippen LogP contribution in [0, 0.1) is 13.8 Å². The van der Waals surface area contributed by atoms with E-state index in [2.05, 4.69) is 15.4 Å². The molecule has 0 aliphatic carbocycles. The van der Waals surface area contributed by atoms with Gasteiger partial charge < -0.3 is 20.4 Å². The molecule has 0 saturated carbocycles. The quantitative estimate of drug-likeness (QED) is 0.386. The normalized spacial score (nSPS) is 11.3. The third-order valence-corrected chi connectivity index (χ3v) is 3.06. The number of ether oxygens (including phenoxy) is 2. The van der Waals surface area contributed by atoms with E-state index in [4.69, 9.17) is 20.4 Å². The summed E-state index contributed by atoms with van der Waals surface area (Å²) in [6, 6.07) is 6.97. The van der Waals surface area contributed by atoms with Crippen LogP contribution in [-0.4, -0.2) is 28.4 Å². The van der Waals surface area contributed by atoms with E-state index in [0.717, 1.165) is 5.56 Å². The maximum Gasteiger partial charge on any atom is 0.250 e. The van der Waals surface area contributed by atoms with Crippen molar-refractivity contribution in [2.75, 3.05) is 7.11 Å². The first-order valence-corrected chi connectivity index (χ1v) is 6.20. The molecule has 21 heavy (non-hydrogen) atoms. The third-order valence-electron chi connectivity index (χ3n) is 3.06. The SMILES string of the molecule is COc1ccc(Oc2nnc(C)c(C)c2/C(N)=N/O)cc1. The number of oxime groups is 1. The van der Waals surface area contributed by atoms with Gasteiger partial charge in [0.05, 0.1) is 18.4 Å². The van der Waals surface area contributed by atoms with Crippen LogP contribution >= 0.6 is 0 Å². The molecule has 1 heterocycles. The average Bonchev–Trinajstić information content (AvgIpc) is 2.51. The molecule has 0 aliphatic heterocycles. The summed E-state index contributed by atoms with van der Waals surface area (Å²) in [5.41, 5.74) is 7.53. The van der Waals surface area contributed by atoms with E-state index in [0.29, 0.717) is 22.8 Å². The number of benzene rings is 1. The molecule has 0 spiro atoms. The smallest absolute Gasteiger partial charge is 0.250 e. The first-order valence-electron chi connectivity index (χ1n) is 6.20. The molecule has 2 aromatic rings. The van der Waals surface area contributed by atoms with Crippen LogP contribution in [-0.2, 0) is 0 Å². The second-order valence-electron chi connectivity index (χ2n) is 4.35. The summed E-state index contributed by atoms with van der Waals surface area (Å²) < 4.78 is 10.7. The van der Waals surface area contributed by atoms with Crippen LogP contribution in [0.4, 0.5) is 0 Å². The summed E-state index contributed by atoms with van der Waals surface area (Å²) in [6.07, 6.45) is 0. The molecule has 0 saturated heterocycles. The van der Waals surface area contributed by atoms with Crippen molar-refractivity contribution in [3.05, 3.63) is 41.1 Å². The zero-order valence-corrected chi connectivity index (χ0v) is 12.0. The van der Waals surface area contributed by atoms with Gasteiger partial charge in [-0.2, -0.15) is 5.10 Å². The molecule has 0 aliphatic rings. The fraction of sp³-hybridized carbons (Fsp3) is 0.214. The van der Waals surface area contributed by atoms with Gasteiger partial charge in [-0.3, -0.25) is 0 Å². The van der Waals surface area contributed by atoms with E-state index in [1.807, 2.05) is 0 Å². The zero-order valence-electron chi connectivity index (χ0n) is 12.0. The molecule has 1 aromatic heterocycles. The lowest BCUT2D eigenvalue weighted by Gasteiger charge is -2.12. The van der Waals surface area contributed by atoms with Gasteiger partial charge in [0.1, 0.15) is 11.5 Å². The Morgan fingerprint density at radius 1 is 1.14 bits per heavy atom. The molecule has 7 heteroatoms. The van der Waals surface area contributed by atoms with Gasteiger partial charge in [0, 0.05) is 0 Å². The highest BCUT2D eigenvalue weighted by Crippen LogP contribution is 2.27. The number of nitrogens with zero attached hydrogens (tertiary/aromatic N) is 3. The molecule has 3 N–H and O–H groups in total. The Morgan fingerprint density at radius 2 is 1.76 bits per heavy atom. The molecular formula is C14H16N4O3. The second kappa shape index (κ2) is 6.08. The summed E-state index contributed by atoms with van der Waals surface area (Å²) in [4.78, 5) is 0. The Balaban J connectivity index is 2.41. The Kier molecular flexibility index (Phi) is 4.22. The Hall–Kier alpha value is -2.83. The van der Waals surface area contributed by atoms with Crippen molar-refractivity contribution < 1.29 is 14.7 Å². The first kappa shape index (κ1) is 14.6. The molecule has 1 aromatic carbocycles. The van der Waals surface area contributed by atoms with Gasteiger partial charge in [-0.25, -0.2) is 0 Å². The van der Waals surface area contributed by atoms with Crippen molar-refractivity contribution >= 4 is 5.84 Å². The molecule has 0 bridgehead atoms. The van der Waals surface area contributed by atoms with Crippen molar-refractivity contribution in [2.24, 2.45) is 10.9 Å². The Labute approximate surface area is 122 Å². The summed E-state index contributed by atoms with van der Waals surface area (Å²) >= 11 is 0. The minimum Gasteiger partial charge on any atom is -0.497 e. The lowest BCUT2D eigenvalue weighted by atomic mass is 10.1. The number of nitrogens with two attached hydrogens (primary N) is 1. The number of aryl methyl sites for hydroxylation is 1. The minimum absolute atomic E-state index is 0.0750. The van der Waals surface area contributed by atoms with Gasteiger partial charge in [0.25, 0.3) is 0 Å². The standard InChI is InChI=1S/C14H16N4O3/c1-8-9(2)16-17-14(12(8)13(15)18-19)21-11-6-4-10(20-3)5-7-11/h4-7,19H,1-3H3,(H2,15,18). The molecule has 0 radical (unpaired) electrons. The summed E-state index contributed by atoms with van der Waals surface area (Å²) in [7, 11) is 1.58. The highest BCUT2D eigenvalue weighted by atomic mass is 16.5. The summed E-state index contributed by atoms with van der Waals surface area (Å²) in [6.45, 7) is 3.59. The monoisotopic (exact) mass is 288 g/mol. The van der Waals surface area contributed by atoms with Gasteiger partial charge in [0.15, 0.2) is 5.84 Å². The number of hydrogen-bond acceptors (Lipinski definition) is 6. The van der Waals surface area contributed by atoms with Crippen LogP contribution in [0.2, 0.25) is 0 Å². The molecule has 110 valence electrons. The molecular weight excluding hydrogens is 272 g/mol. The fourth-order valence-electron chi connectivity index (χ4n) is 1.77. The number of amidine groups is 1. The van der Waals surface area contributed by atoms with Crippen molar-refractivity contribution in [3.63, 3.8) is 0 Å².